The lowest BCUT2D eigenvalue weighted by atomic mass is 10.0. The minimum atomic E-state index is -1.02. The van der Waals surface area contributed by atoms with Crippen LogP contribution >= 0.6 is 0 Å². The number of hydrogen-bond acceptors (Lipinski definition) is 3. The van der Waals surface area contributed by atoms with Crippen LogP contribution in [0.2, 0.25) is 0 Å². The normalized spacial score (nSPS) is 18.8. The van der Waals surface area contributed by atoms with Gasteiger partial charge in [-0.3, -0.25) is 14.5 Å². The van der Waals surface area contributed by atoms with E-state index in [2.05, 4.69) is 0 Å². The summed E-state index contributed by atoms with van der Waals surface area (Å²) in [5.41, 5.74) is 2.17. The van der Waals surface area contributed by atoms with Crippen LogP contribution in [0.3, 0.4) is 0 Å². The number of amides is 2. The molecule has 0 radical (unpaired) electrons. The number of carbonyl (C=O) groups is 3. The first-order chi connectivity index (χ1) is 9.93. The second kappa shape index (κ2) is 5.91. The van der Waals surface area contributed by atoms with Gasteiger partial charge in [-0.05, 0) is 35.8 Å². The lowest BCUT2D eigenvalue weighted by Gasteiger charge is -2.18. The first kappa shape index (κ1) is 15.0. The summed E-state index contributed by atoms with van der Waals surface area (Å²) in [5.74, 6) is -1.66. The number of rotatable bonds is 4. The Hall–Kier alpha value is -2.43. The maximum Gasteiger partial charge on any atom is 0.328 e. The lowest BCUT2D eigenvalue weighted by Crippen LogP contribution is -2.30. The van der Waals surface area contributed by atoms with Crippen LogP contribution in [0.5, 0.6) is 0 Å². The second-order valence-corrected chi connectivity index (χ2v) is 5.09. The Kier molecular flexibility index (Phi) is 4.21. The predicted octanol–water partition coefficient (Wildman–Crippen LogP) is 2.25. The minimum Gasteiger partial charge on any atom is -0.478 e. The Morgan fingerprint density at radius 2 is 2.14 bits per heavy atom. The maximum absolute atomic E-state index is 12.1. The fourth-order valence-corrected chi connectivity index (χ4v) is 2.41. The van der Waals surface area contributed by atoms with Crippen molar-refractivity contribution in [3.63, 3.8) is 0 Å². The fraction of sp³-hybridized carbons (Fsp3) is 0.312. The van der Waals surface area contributed by atoms with Crippen LogP contribution in [0.1, 0.15) is 31.4 Å². The highest BCUT2D eigenvalue weighted by Gasteiger charge is 2.37. The van der Waals surface area contributed by atoms with Gasteiger partial charge in [-0.2, -0.15) is 0 Å². The molecule has 1 aromatic rings. The lowest BCUT2D eigenvalue weighted by molar-refractivity contribution is -0.131. The van der Waals surface area contributed by atoms with Gasteiger partial charge in [0, 0.05) is 18.4 Å². The van der Waals surface area contributed by atoms with Gasteiger partial charge in [-0.1, -0.05) is 19.9 Å². The molecule has 1 unspecified atom stereocenters. The highest BCUT2D eigenvalue weighted by Crippen LogP contribution is 2.30. The number of benzene rings is 1. The van der Waals surface area contributed by atoms with Gasteiger partial charge in [0.1, 0.15) is 0 Å². The molecule has 1 aliphatic rings. The van der Waals surface area contributed by atoms with E-state index in [0.717, 1.165) is 17.2 Å². The number of aryl methyl sites for hydroxylation is 1. The summed E-state index contributed by atoms with van der Waals surface area (Å²) in [6, 6.07) is 5.21. The van der Waals surface area contributed by atoms with Gasteiger partial charge in [0.2, 0.25) is 11.8 Å². The summed E-state index contributed by atoms with van der Waals surface area (Å²) in [5, 5.41) is 8.64. The average molecular weight is 287 g/mol. The zero-order chi connectivity index (χ0) is 15.6. The van der Waals surface area contributed by atoms with Crippen LogP contribution in [0, 0.1) is 5.92 Å². The number of carboxylic acid groups (broad SMARTS) is 1. The highest BCUT2D eigenvalue weighted by molar-refractivity contribution is 6.21. The van der Waals surface area contributed by atoms with Crippen LogP contribution in [-0.4, -0.2) is 22.9 Å². The highest BCUT2D eigenvalue weighted by atomic mass is 16.4. The van der Waals surface area contributed by atoms with Crippen molar-refractivity contribution in [3.05, 3.63) is 35.4 Å². The molecule has 2 rings (SSSR count). The summed E-state index contributed by atoms with van der Waals surface area (Å²) in [4.78, 5) is 35.9. The van der Waals surface area contributed by atoms with E-state index in [4.69, 9.17) is 5.11 Å². The van der Waals surface area contributed by atoms with Crippen molar-refractivity contribution in [1.82, 2.24) is 0 Å². The number of aliphatic carboxylic acids is 1. The number of nitrogens with zero attached hydrogens (tertiary/aromatic N) is 1. The molecule has 1 saturated heterocycles. The molecule has 110 valence electrons. The Bertz CT molecular complexity index is 633. The van der Waals surface area contributed by atoms with Gasteiger partial charge in [0.05, 0.1) is 5.69 Å². The largest absolute Gasteiger partial charge is 0.478 e. The molecule has 0 saturated carbocycles. The number of carboxylic acids is 1. The van der Waals surface area contributed by atoms with E-state index in [0.29, 0.717) is 12.1 Å². The molecule has 0 bridgehead atoms. The van der Waals surface area contributed by atoms with E-state index in [1.54, 1.807) is 25.1 Å². The third-order valence-electron chi connectivity index (χ3n) is 3.52. The topological polar surface area (TPSA) is 74.7 Å². The molecular formula is C16H17NO4. The molecule has 5 nitrogen and oxygen atoms in total. The van der Waals surface area contributed by atoms with Crippen LogP contribution in [-0.2, 0) is 20.8 Å². The summed E-state index contributed by atoms with van der Waals surface area (Å²) in [6.45, 7) is 3.67. The molecule has 21 heavy (non-hydrogen) atoms. The first-order valence-corrected chi connectivity index (χ1v) is 6.84. The minimum absolute atomic E-state index is 0.177. The molecule has 1 fully saturated rings. The number of hydrogen-bond donors (Lipinski definition) is 1. The second-order valence-electron chi connectivity index (χ2n) is 5.09. The van der Waals surface area contributed by atoms with Gasteiger partial charge in [-0.15, -0.1) is 0 Å². The van der Waals surface area contributed by atoms with Gasteiger partial charge < -0.3 is 5.11 Å². The molecule has 0 spiro atoms. The Morgan fingerprint density at radius 1 is 1.43 bits per heavy atom. The van der Waals surface area contributed by atoms with E-state index in [9.17, 15) is 14.4 Å². The summed E-state index contributed by atoms with van der Waals surface area (Å²) < 4.78 is 0. The fourth-order valence-electron chi connectivity index (χ4n) is 2.41. The molecule has 1 aliphatic heterocycles. The quantitative estimate of drug-likeness (QED) is 0.680. The average Bonchev–Trinajstić information content (AvgIpc) is 2.70. The molecule has 1 atom stereocenters. The SMILES string of the molecule is CCc1cc(/C=C/C(=O)O)ccc1N1C(=O)CC(C)C1=O. The molecule has 1 N–H and O–H groups in total. The Labute approximate surface area is 122 Å². The third-order valence-corrected chi connectivity index (χ3v) is 3.52. The van der Waals surface area contributed by atoms with Crippen molar-refractivity contribution in [3.8, 4) is 0 Å². The number of anilines is 1. The van der Waals surface area contributed by atoms with E-state index < -0.39 is 5.97 Å². The summed E-state index contributed by atoms with van der Waals surface area (Å²) in [7, 11) is 0. The zero-order valence-corrected chi connectivity index (χ0v) is 12.0. The van der Waals surface area contributed by atoms with E-state index in [1.165, 1.54) is 11.0 Å². The number of carbonyl (C=O) groups excluding carboxylic acids is 2. The molecule has 0 aromatic heterocycles. The van der Waals surface area contributed by atoms with Crippen molar-refractivity contribution < 1.29 is 19.5 Å². The number of imide groups is 1. The van der Waals surface area contributed by atoms with Gasteiger partial charge in [0.15, 0.2) is 0 Å². The van der Waals surface area contributed by atoms with Gasteiger partial charge >= 0.3 is 5.97 Å². The Morgan fingerprint density at radius 3 is 2.67 bits per heavy atom. The van der Waals surface area contributed by atoms with Crippen LogP contribution in [0.25, 0.3) is 6.08 Å². The van der Waals surface area contributed by atoms with Gasteiger partial charge in [0.25, 0.3) is 0 Å². The van der Waals surface area contributed by atoms with Crippen molar-refractivity contribution >= 4 is 29.5 Å². The predicted molar refractivity (Wildman–Crippen MR) is 78.8 cm³/mol. The van der Waals surface area contributed by atoms with Crippen molar-refractivity contribution in [1.29, 1.82) is 0 Å². The van der Waals surface area contributed by atoms with Crippen LogP contribution in [0.4, 0.5) is 5.69 Å². The zero-order valence-electron chi connectivity index (χ0n) is 12.0. The first-order valence-electron chi connectivity index (χ1n) is 6.84. The van der Waals surface area contributed by atoms with E-state index in [-0.39, 0.29) is 24.2 Å². The van der Waals surface area contributed by atoms with Crippen molar-refractivity contribution in [2.75, 3.05) is 4.90 Å². The smallest absolute Gasteiger partial charge is 0.328 e. The molecule has 2 amide bonds. The molecule has 1 aromatic carbocycles. The Balaban J connectivity index is 2.39. The van der Waals surface area contributed by atoms with Crippen molar-refractivity contribution in [2.45, 2.75) is 26.7 Å². The maximum atomic E-state index is 12.1. The molecule has 5 heteroatoms. The summed E-state index contributed by atoms with van der Waals surface area (Å²) in [6.07, 6.45) is 3.43. The monoisotopic (exact) mass is 287 g/mol. The molecule has 0 aliphatic carbocycles. The molecule has 1 heterocycles. The molecular weight excluding hydrogens is 270 g/mol. The van der Waals surface area contributed by atoms with Gasteiger partial charge in [-0.25, -0.2) is 4.79 Å². The standard InChI is InChI=1S/C16H17NO4/c1-3-12-9-11(5-7-15(19)20)4-6-13(12)17-14(18)8-10(2)16(17)21/h4-7,9-10H,3,8H2,1-2H3,(H,19,20)/b7-5+. The summed E-state index contributed by atoms with van der Waals surface area (Å²) >= 11 is 0. The van der Waals surface area contributed by atoms with Crippen molar-refractivity contribution in [2.24, 2.45) is 5.92 Å². The van der Waals surface area contributed by atoms with Crippen LogP contribution < -0.4 is 4.90 Å². The van der Waals surface area contributed by atoms with Crippen LogP contribution in [0.15, 0.2) is 24.3 Å². The third kappa shape index (κ3) is 3.02. The van der Waals surface area contributed by atoms with E-state index >= 15 is 0 Å². The van der Waals surface area contributed by atoms with E-state index in [1.807, 2.05) is 6.92 Å².